The maximum atomic E-state index is 9.01. The van der Waals surface area contributed by atoms with Crippen LogP contribution in [0.4, 0.5) is 0 Å². The number of hydrogen-bond acceptors (Lipinski definition) is 5. The van der Waals surface area contributed by atoms with Gasteiger partial charge in [-0.25, -0.2) is 0 Å². The predicted octanol–water partition coefficient (Wildman–Crippen LogP) is 1.16. The number of para-hydroxylation sites is 1. The summed E-state index contributed by atoms with van der Waals surface area (Å²) in [7, 11) is 0. The minimum atomic E-state index is 0.0553. The molecule has 0 aliphatic heterocycles. The number of aliphatic hydroxyl groups excluding tert-OH is 1. The maximum Gasteiger partial charge on any atom is 0.170 e. The van der Waals surface area contributed by atoms with Crippen LogP contribution < -0.4 is 5.32 Å². The van der Waals surface area contributed by atoms with Crippen molar-refractivity contribution in [1.82, 2.24) is 25.5 Å². The van der Waals surface area contributed by atoms with Crippen LogP contribution in [0.2, 0.25) is 0 Å². The molecule has 0 saturated heterocycles. The van der Waals surface area contributed by atoms with Crippen molar-refractivity contribution in [2.45, 2.75) is 26.8 Å². The lowest BCUT2D eigenvalue weighted by molar-refractivity contribution is 0.206. The fourth-order valence-electron chi connectivity index (χ4n) is 1.99. The predicted molar refractivity (Wildman–Crippen MR) is 76.3 cm³/mol. The lowest BCUT2D eigenvalue weighted by Crippen LogP contribution is -2.30. The van der Waals surface area contributed by atoms with E-state index in [1.54, 1.807) is 4.68 Å². The van der Waals surface area contributed by atoms with E-state index in [-0.39, 0.29) is 12.0 Å². The molecule has 0 bridgehead atoms. The summed E-state index contributed by atoms with van der Waals surface area (Å²) in [6.45, 7) is 5.84. The molecule has 6 nitrogen and oxygen atoms in total. The summed E-state index contributed by atoms with van der Waals surface area (Å²) in [6.07, 6.45) is 0.767. The van der Waals surface area contributed by atoms with E-state index in [1.807, 2.05) is 30.3 Å². The molecule has 2 N–H and O–H groups in total. The zero-order valence-electron chi connectivity index (χ0n) is 12.0. The lowest BCUT2D eigenvalue weighted by Gasteiger charge is -2.23. The standard InChI is InChI=1S/C14H21N5O/c1-14(2,8-9-20)11-15-10-13-16-17-18-19(13)12-6-4-3-5-7-12/h3-7,15,20H,8-11H2,1-2H3. The maximum absolute atomic E-state index is 9.01. The number of nitrogens with one attached hydrogen (secondary N) is 1. The van der Waals surface area contributed by atoms with E-state index in [9.17, 15) is 0 Å². The first-order chi connectivity index (χ1) is 9.62. The Morgan fingerprint density at radius 1 is 1.25 bits per heavy atom. The van der Waals surface area contributed by atoms with Gasteiger partial charge in [-0.05, 0) is 34.4 Å². The molecule has 1 aromatic heterocycles. The average Bonchev–Trinajstić information content (AvgIpc) is 2.88. The molecule has 0 fully saturated rings. The molecule has 0 amide bonds. The van der Waals surface area contributed by atoms with Crippen molar-refractivity contribution < 1.29 is 5.11 Å². The van der Waals surface area contributed by atoms with Crippen LogP contribution in [-0.4, -0.2) is 38.5 Å². The van der Waals surface area contributed by atoms with Gasteiger partial charge in [-0.3, -0.25) is 0 Å². The van der Waals surface area contributed by atoms with Crippen molar-refractivity contribution in [2.24, 2.45) is 5.41 Å². The Kier molecular flexibility index (Phi) is 4.81. The van der Waals surface area contributed by atoms with Gasteiger partial charge in [0.05, 0.1) is 12.2 Å². The quantitative estimate of drug-likeness (QED) is 0.793. The lowest BCUT2D eigenvalue weighted by atomic mass is 9.90. The van der Waals surface area contributed by atoms with Gasteiger partial charge in [-0.1, -0.05) is 32.0 Å². The van der Waals surface area contributed by atoms with Gasteiger partial charge in [0.15, 0.2) is 5.82 Å². The van der Waals surface area contributed by atoms with Crippen LogP contribution in [0.1, 0.15) is 26.1 Å². The highest BCUT2D eigenvalue weighted by molar-refractivity contribution is 5.30. The van der Waals surface area contributed by atoms with Gasteiger partial charge in [-0.2, -0.15) is 4.68 Å². The Labute approximate surface area is 118 Å². The molecule has 0 saturated carbocycles. The third kappa shape index (κ3) is 3.85. The second kappa shape index (κ2) is 6.58. The van der Waals surface area contributed by atoms with Crippen LogP contribution in [0.3, 0.4) is 0 Å². The van der Waals surface area contributed by atoms with Crippen LogP contribution in [0.25, 0.3) is 5.69 Å². The fraction of sp³-hybridized carbons (Fsp3) is 0.500. The Morgan fingerprint density at radius 2 is 2.00 bits per heavy atom. The third-order valence-electron chi connectivity index (χ3n) is 3.21. The van der Waals surface area contributed by atoms with E-state index in [4.69, 9.17) is 5.11 Å². The van der Waals surface area contributed by atoms with Crippen molar-refractivity contribution in [1.29, 1.82) is 0 Å². The molecule has 0 radical (unpaired) electrons. The molecular weight excluding hydrogens is 254 g/mol. The first kappa shape index (κ1) is 14.6. The highest BCUT2D eigenvalue weighted by Gasteiger charge is 2.17. The zero-order chi connectivity index (χ0) is 14.4. The normalized spacial score (nSPS) is 11.8. The van der Waals surface area contributed by atoms with E-state index >= 15 is 0 Å². The van der Waals surface area contributed by atoms with Crippen molar-refractivity contribution in [3.63, 3.8) is 0 Å². The summed E-state index contributed by atoms with van der Waals surface area (Å²) < 4.78 is 1.73. The van der Waals surface area contributed by atoms with Gasteiger partial charge in [0.2, 0.25) is 0 Å². The van der Waals surface area contributed by atoms with Crippen LogP contribution in [0.15, 0.2) is 30.3 Å². The number of tetrazole rings is 1. The molecule has 1 heterocycles. The zero-order valence-corrected chi connectivity index (χ0v) is 12.0. The van der Waals surface area contributed by atoms with Crippen LogP contribution in [0.5, 0.6) is 0 Å². The first-order valence-electron chi connectivity index (χ1n) is 6.77. The van der Waals surface area contributed by atoms with E-state index < -0.39 is 0 Å². The highest BCUT2D eigenvalue weighted by atomic mass is 16.3. The number of aliphatic hydroxyl groups is 1. The van der Waals surface area contributed by atoms with Crippen LogP contribution in [-0.2, 0) is 6.54 Å². The Balaban J connectivity index is 1.97. The number of nitrogens with zero attached hydrogens (tertiary/aromatic N) is 4. The van der Waals surface area contributed by atoms with Gasteiger partial charge in [0.25, 0.3) is 0 Å². The molecule has 1 aromatic carbocycles. The molecule has 2 aromatic rings. The summed E-state index contributed by atoms with van der Waals surface area (Å²) in [5.41, 5.74) is 1.00. The number of benzene rings is 1. The Bertz CT molecular complexity index is 523. The summed E-state index contributed by atoms with van der Waals surface area (Å²) >= 11 is 0. The summed E-state index contributed by atoms with van der Waals surface area (Å²) in [5, 5.41) is 24.2. The second-order valence-electron chi connectivity index (χ2n) is 5.58. The molecule has 108 valence electrons. The van der Waals surface area contributed by atoms with Crippen molar-refractivity contribution >= 4 is 0 Å². The minimum absolute atomic E-state index is 0.0553. The fourth-order valence-corrected chi connectivity index (χ4v) is 1.99. The average molecular weight is 275 g/mol. The van der Waals surface area contributed by atoms with Crippen molar-refractivity contribution in [3.05, 3.63) is 36.2 Å². The van der Waals surface area contributed by atoms with Gasteiger partial charge in [0.1, 0.15) is 0 Å². The largest absolute Gasteiger partial charge is 0.396 e. The summed E-state index contributed by atoms with van der Waals surface area (Å²) in [4.78, 5) is 0. The van der Waals surface area contributed by atoms with Crippen LogP contribution >= 0.6 is 0 Å². The summed E-state index contributed by atoms with van der Waals surface area (Å²) in [6, 6.07) is 9.81. The SMILES string of the molecule is CC(C)(CCO)CNCc1nnnn1-c1ccccc1. The first-order valence-corrected chi connectivity index (χ1v) is 6.77. The molecular formula is C14H21N5O. The highest BCUT2D eigenvalue weighted by Crippen LogP contribution is 2.18. The van der Waals surface area contributed by atoms with Gasteiger partial charge in [-0.15, -0.1) is 5.10 Å². The molecule has 0 spiro atoms. The molecule has 6 heteroatoms. The smallest absolute Gasteiger partial charge is 0.170 e. The van der Waals surface area contributed by atoms with E-state index in [1.165, 1.54) is 0 Å². The van der Waals surface area contributed by atoms with E-state index in [2.05, 4.69) is 34.7 Å². The molecule has 0 aliphatic carbocycles. The molecule has 2 rings (SSSR count). The van der Waals surface area contributed by atoms with Crippen LogP contribution in [0, 0.1) is 5.41 Å². The van der Waals surface area contributed by atoms with E-state index in [0.717, 1.165) is 24.5 Å². The number of aromatic nitrogens is 4. The Morgan fingerprint density at radius 3 is 2.70 bits per heavy atom. The summed E-state index contributed by atoms with van der Waals surface area (Å²) in [5.74, 6) is 0.774. The third-order valence-corrected chi connectivity index (χ3v) is 3.21. The monoisotopic (exact) mass is 275 g/mol. The van der Waals surface area contributed by atoms with Crippen molar-refractivity contribution in [3.8, 4) is 5.69 Å². The minimum Gasteiger partial charge on any atom is -0.396 e. The number of rotatable bonds is 7. The topological polar surface area (TPSA) is 75.9 Å². The van der Waals surface area contributed by atoms with Gasteiger partial charge in [0, 0.05) is 13.2 Å². The molecule has 20 heavy (non-hydrogen) atoms. The second-order valence-corrected chi connectivity index (χ2v) is 5.58. The molecule has 0 aliphatic rings. The number of hydrogen-bond donors (Lipinski definition) is 2. The molecule has 0 unspecified atom stereocenters. The van der Waals surface area contributed by atoms with E-state index in [0.29, 0.717) is 6.54 Å². The Hall–Kier alpha value is -1.79. The van der Waals surface area contributed by atoms with Gasteiger partial charge < -0.3 is 10.4 Å². The van der Waals surface area contributed by atoms with Crippen molar-refractivity contribution in [2.75, 3.05) is 13.2 Å². The molecule has 0 atom stereocenters. The van der Waals surface area contributed by atoms with Gasteiger partial charge >= 0.3 is 0 Å².